The first-order valence-corrected chi connectivity index (χ1v) is 6.25. The fourth-order valence-electron chi connectivity index (χ4n) is 1.90. The van der Waals surface area contributed by atoms with Crippen LogP contribution in [0.1, 0.15) is 24.4 Å². The Morgan fingerprint density at radius 2 is 1.75 bits per heavy atom. The number of benzene rings is 1. The van der Waals surface area contributed by atoms with E-state index in [-0.39, 0.29) is 0 Å². The molecule has 0 bridgehead atoms. The van der Waals surface area contributed by atoms with Crippen LogP contribution in [0.3, 0.4) is 0 Å². The Morgan fingerprint density at radius 1 is 1.12 bits per heavy atom. The molecule has 3 heteroatoms. The lowest BCUT2D eigenvalue weighted by molar-refractivity contribution is 0.873. The minimum Gasteiger partial charge on any atom is -0.376 e. The molecule has 1 rings (SSSR count). The highest BCUT2D eigenvalue weighted by molar-refractivity contribution is 6.13. The zero-order chi connectivity index (χ0) is 12.3. The second-order valence-corrected chi connectivity index (χ2v) is 5.16. The van der Waals surface area contributed by atoms with E-state index in [1.165, 1.54) is 16.9 Å². The van der Waals surface area contributed by atoms with Crippen LogP contribution in [0.2, 0.25) is 0 Å². The molecular weight excluding hydrogens is 212 g/mol. The second kappa shape index (κ2) is 5.39. The lowest BCUT2D eigenvalue weighted by Gasteiger charge is -2.27. The molecule has 3 radical (unpaired) electrons. The maximum Gasteiger partial charge on any atom is 0.0630 e. The van der Waals surface area contributed by atoms with Crippen molar-refractivity contribution in [1.29, 1.82) is 0 Å². The number of anilines is 2. The first-order chi connectivity index (χ1) is 7.49. The van der Waals surface area contributed by atoms with Gasteiger partial charge in [-0.25, -0.2) is 0 Å². The molecule has 0 heterocycles. The lowest BCUT2D eigenvalue weighted by Crippen LogP contribution is -2.19. The van der Waals surface area contributed by atoms with Gasteiger partial charge >= 0.3 is 0 Å². The molecular formula is C13H21N2Si. The maximum atomic E-state index is 3.80. The molecule has 0 saturated carbocycles. The monoisotopic (exact) mass is 233 g/mol. The Labute approximate surface area is 103 Å². The molecule has 0 aliphatic carbocycles. The molecule has 1 atom stereocenters. The fourth-order valence-corrected chi connectivity index (χ4v) is 2.13. The molecule has 16 heavy (non-hydrogen) atoms. The van der Waals surface area contributed by atoms with Gasteiger partial charge in [0.05, 0.1) is 11.4 Å². The number of hydrogen-bond acceptors (Lipinski definition) is 2. The molecule has 1 unspecified atom stereocenters. The van der Waals surface area contributed by atoms with Gasteiger partial charge in [-0.05, 0) is 17.2 Å². The number of hydrogen-bond donors (Lipinski definition) is 0. The maximum absolute atomic E-state index is 3.80. The topological polar surface area (TPSA) is 6.48 Å². The molecule has 1 aromatic carbocycles. The first kappa shape index (κ1) is 13.1. The summed E-state index contributed by atoms with van der Waals surface area (Å²) in [7, 11) is 12.2. The van der Waals surface area contributed by atoms with Crippen LogP contribution in [0.4, 0.5) is 11.4 Å². The Kier molecular flexibility index (Phi) is 4.41. The zero-order valence-corrected chi connectivity index (χ0v) is 11.9. The van der Waals surface area contributed by atoms with Crippen LogP contribution in [-0.2, 0) is 0 Å². The molecule has 0 saturated heterocycles. The molecule has 0 aliphatic rings. The first-order valence-electron chi connectivity index (χ1n) is 5.67. The highest BCUT2D eigenvalue weighted by atomic mass is 28.1. The van der Waals surface area contributed by atoms with Crippen molar-refractivity contribution >= 4 is 21.6 Å². The summed E-state index contributed by atoms with van der Waals surface area (Å²) >= 11 is 0. The fraction of sp³-hybridized carbons (Fsp3) is 0.538. The quantitative estimate of drug-likeness (QED) is 0.737. The summed E-state index contributed by atoms with van der Waals surface area (Å²) in [5.74, 6) is 0. The van der Waals surface area contributed by atoms with Crippen molar-refractivity contribution < 1.29 is 0 Å². The van der Waals surface area contributed by atoms with Crippen molar-refractivity contribution in [1.82, 2.24) is 0 Å². The van der Waals surface area contributed by atoms with Crippen LogP contribution in [0, 0.1) is 0 Å². The molecule has 87 valence electrons. The molecule has 1 aromatic rings. The molecule has 0 aliphatic heterocycles. The molecule has 0 N–H and O–H groups in total. The predicted octanol–water partition coefficient (Wildman–Crippen LogP) is 2.44. The van der Waals surface area contributed by atoms with Gasteiger partial charge in [-0.15, -0.1) is 0 Å². The molecule has 0 fully saturated rings. The number of rotatable bonds is 4. The highest BCUT2D eigenvalue weighted by Gasteiger charge is 2.15. The van der Waals surface area contributed by atoms with E-state index in [1.807, 2.05) is 0 Å². The van der Waals surface area contributed by atoms with Gasteiger partial charge < -0.3 is 9.80 Å². The van der Waals surface area contributed by atoms with Crippen molar-refractivity contribution in [2.24, 2.45) is 0 Å². The predicted molar refractivity (Wildman–Crippen MR) is 73.9 cm³/mol. The summed E-state index contributed by atoms with van der Waals surface area (Å²) in [5.41, 5.74) is 4.33. The van der Waals surface area contributed by atoms with Crippen molar-refractivity contribution in [3.63, 3.8) is 0 Å². The van der Waals surface area contributed by atoms with E-state index in [2.05, 4.69) is 73.4 Å². The third-order valence-corrected chi connectivity index (χ3v) is 3.48. The van der Waals surface area contributed by atoms with Gasteiger partial charge in [-0.2, -0.15) is 0 Å². The third-order valence-electron chi connectivity index (χ3n) is 2.76. The lowest BCUT2D eigenvalue weighted by atomic mass is 10.0. The average Bonchev–Trinajstić information content (AvgIpc) is 2.26. The van der Waals surface area contributed by atoms with E-state index in [1.54, 1.807) is 0 Å². The third kappa shape index (κ3) is 2.58. The van der Waals surface area contributed by atoms with Crippen molar-refractivity contribution in [2.45, 2.75) is 18.9 Å². The minimum atomic E-state index is 0.414. The molecule has 0 aromatic heterocycles. The number of para-hydroxylation sites is 1. The molecule has 0 amide bonds. The van der Waals surface area contributed by atoms with Crippen LogP contribution in [0.5, 0.6) is 0 Å². The van der Waals surface area contributed by atoms with E-state index in [0.717, 1.165) is 6.42 Å². The van der Waals surface area contributed by atoms with Gasteiger partial charge in [0, 0.05) is 38.4 Å². The number of nitrogens with zero attached hydrogens (tertiary/aromatic N) is 2. The van der Waals surface area contributed by atoms with Gasteiger partial charge in [0.1, 0.15) is 0 Å². The van der Waals surface area contributed by atoms with Crippen LogP contribution >= 0.6 is 0 Å². The summed E-state index contributed by atoms with van der Waals surface area (Å²) in [5, 5.41) is 0. The standard InChI is InChI=1S/C13H21N2Si/c1-6-12(16)10-8-7-9-11(14(2)3)13(10)15(4)5/h7-9,12H,6H2,1-5H3. The largest absolute Gasteiger partial charge is 0.376 e. The van der Waals surface area contributed by atoms with E-state index in [9.17, 15) is 0 Å². The van der Waals surface area contributed by atoms with Crippen LogP contribution < -0.4 is 9.80 Å². The zero-order valence-electron chi connectivity index (χ0n) is 10.9. The summed E-state index contributed by atoms with van der Waals surface area (Å²) in [6.45, 7) is 2.19. The molecule has 0 spiro atoms. The Morgan fingerprint density at radius 3 is 2.19 bits per heavy atom. The van der Waals surface area contributed by atoms with Crippen LogP contribution in [0.15, 0.2) is 18.2 Å². The summed E-state index contributed by atoms with van der Waals surface area (Å²) in [6, 6.07) is 6.48. The van der Waals surface area contributed by atoms with Gasteiger partial charge in [0.2, 0.25) is 0 Å². The van der Waals surface area contributed by atoms with Crippen LogP contribution in [0.25, 0.3) is 0 Å². The normalized spacial score (nSPS) is 12.4. The summed E-state index contributed by atoms with van der Waals surface area (Å²) in [6.07, 6.45) is 1.09. The Hall–Kier alpha value is -0.963. The minimum absolute atomic E-state index is 0.414. The van der Waals surface area contributed by atoms with E-state index in [0.29, 0.717) is 5.54 Å². The Balaban J connectivity index is 3.32. The summed E-state index contributed by atoms with van der Waals surface area (Å²) < 4.78 is 0. The van der Waals surface area contributed by atoms with E-state index >= 15 is 0 Å². The average molecular weight is 233 g/mol. The van der Waals surface area contributed by atoms with Gasteiger partial charge in [-0.1, -0.05) is 25.5 Å². The van der Waals surface area contributed by atoms with Gasteiger partial charge in [0.25, 0.3) is 0 Å². The SMILES string of the molecule is CCC([Si])c1cccc(N(C)C)c1N(C)C. The Bertz CT molecular complexity index is 348. The highest BCUT2D eigenvalue weighted by Crippen LogP contribution is 2.35. The van der Waals surface area contributed by atoms with Crippen molar-refractivity contribution in [3.05, 3.63) is 23.8 Å². The van der Waals surface area contributed by atoms with Crippen molar-refractivity contribution in [2.75, 3.05) is 38.0 Å². The van der Waals surface area contributed by atoms with E-state index in [4.69, 9.17) is 0 Å². The van der Waals surface area contributed by atoms with Gasteiger partial charge in [0.15, 0.2) is 0 Å². The molecule has 2 nitrogen and oxygen atoms in total. The van der Waals surface area contributed by atoms with Crippen LogP contribution in [-0.4, -0.2) is 38.4 Å². The van der Waals surface area contributed by atoms with Gasteiger partial charge in [-0.3, -0.25) is 0 Å². The van der Waals surface area contributed by atoms with E-state index < -0.39 is 0 Å². The second-order valence-electron chi connectivity index (χ2n) is 4.46. The summed E-state index contributed by atoms with van der Waals surface area (Å²) in [4.78, 5) is 4.35. The van der Waals surface area contributed by atoms with Crippen molar-refractivity contribution in [3.8, 4) is 0 Å². The smallest absolute Gasteiger partial charge is 0.0630 e.